The van der Waals surface area contributed by atoms with Crippen LogP contribution >= 0.6 is 0 Å². The Hall–Kier alpha value is -2.18. The Labute approximate surface area is 169 Å². The largest absolute Gasteiger partial charge is 0.435 e. The molecule has 5 rings (SSSR count). The topological polar surface area (TPSA) is 67.4 Å². The minimum atomic E-state index is -2.87. The highest BCUT2D eigenvalue weighted by molar-refractivity contribution is 5.90. The van der Waals surface area contributed by atoms with E-state index in [9.17, 15) is 18.4 Å². The number of alkyl halides is 2. The minimum Gasteiger partial charge on any atom is -0.435 e. The Morgan fingerprint density at radius 2 is 1.62 bits per heavy atom. The summed E-state index contributed by atoms with van der Waals surface area (Å²) in [5, 5.41) is 5.80. The lowest BCUT2D eigenvalue weighted by atomic mass is 9.49. The maximum Gasteiger partial charge on any atom is 0.387 e. The minimum absolute atomic E-state index is 0.0467. The lowest BCUT2D eigenvalue weighted by molar-refractivity contribution is -0.146. The van der Waals surface area contributed by atoms with Gasteiger partial charge in [0.1, 0.15) is 5.75 Å². The first kappa shape index (κ1) is 20.1. The first-order chi connectivity index (χ1) is 13.9. The van der Waals surface area contributed by atoms with Crippen molar-refractivity contribution in [1.82, 2.24) is 5.32 Å². The highest BCUT2D eigenvalue weighted by Crippen LogP contribution is 2.60. The van der Waals surface area contributed by atoms with Crippen molar-refractivity contribution < 1.29 is 23.1 Å². The van der Waals surface area contributed by atoms with Gasteiger partial charge in [0.05, 0.1) is 0 Å². The average Bonchev–Trinajstić information content (AvgIpc) is 2.65. The maximum absolute atomic E-state index is 12.9. The molecule has 4 saturated carbocycles. The molecule has 4 aliphatic rings. The third-order valence-electron chi connectivity index (χ3n) is 6.75. The van der Waals surface area contributed by atoms with E-state index in [0.29, 0.717) is 18.7 Å². The summed E-state index contributed by atoms with van der Waals surface area (Å²) in [5.41, 5.74) is 0.369. The second kappa shape index (κ2) is 8.28. The highest BCUT2D eigenvalue weighted by Gasteiger charge is 2.54. The quantitative estimate of drug-likeness (QED) is 0.631. The molecule has 1 aromatic carbocycles. The van der Waals surface area contributed by atoms with Crippen LogP contribution in [0.3, 0.4) is 0 Å². The second-order valence-electron chi connectivity index (χ2n) is 9.01. The first-order valence-electron chi connectivity index (χ1n) is 10.5. The molecule has 2 N–H and O–H groups in total. The predicted octanol–water partition coefficient (Wildman–Crippen LogP) is 4.34. The van der Waals surface area contributed by atoms with Gasteiger partial charge in [0, 0.05) is 24.1 Å². The predicted molar refractivity (Wildman–Crippen MR) is 105 cm³/mol. The normalized spacial score (nSPS) is 29.7. The lowest BCUT2D eigenvalue weighted by Crippen LogP contribution is -2.53. The molecular formula is C22H28F2N2O3. The number of ether oxygens (including phenoxy) is 1. The number of halogens is 2. The third-order valence-corrected chi connectivity index (χ3v) is 6.75. The summed E-state index contributed by atoms with van der Waals surface area (Å²) in [4.78, 5) is 24.9. The van der Waals surface area contributed by atoms with Gasteiger partial charge in [-0.3, -0.25) is 9.59 Å². The van der Waals surface area contributed by atoms with E-state index in [1.54, 1.807) is 0 Å². The molecule has 4 aliphatic carbocycles. The van der Waals surface area contributed by atoms with E-state index in [0.717, 1.165) is 37.0 Å². The smallest absolute Gasteiger partial charge is 0.387 e. The van der Waals surface area contributed by atoms with Gasteiger partial charge in [-0.25, -0.2) is 0 Å². The molecule has 0 saturated heterocycles. The molecule has 0 unspecified atom stereocenters. The fraction of sp³-hybridized carbons (Fsp3) is 0.636. The van der Waals surface area contributed by atoms with Gasteiger partial charge in [-0.15, -0.1) is 0 Å². The molecule has 4 bridgehead atoms. The van der Waals surface area contributed by atoms with Gasteiger partial charge >= 0.3 is 6.61 Å². The van der Waals surface area contributed by atoms with Crippen LogP contribution < -0.4 is 15.4 Å². The Balaban J connectivity index is 1.18. The van der Waals surface area contributed by atoms with E-state index in [-0.39, 0.29) is 29.4 Å². The summed E-state index contributed by atoms with van der Waals surface area (Å²) in [7, 11) is 0. The molecule has 0 heterocycles. The number of rotatable bonds is 8. The van der Waals surface area contributed by atoms with Crippen LogP contribution in [-0.4, -0.2) is 25.0 Å². The lowest BCUT2D eigenvalue weighted by Gasteiger charge is -2.55. The van der Waals surface area contributed by atoms with Crippen molar-refractivity contribution in [2.75, 3.05) is 11.9 Å². The van der Waals surface area contributed by atoms with Crippen LogP contribution in [0, 0.1) is 23.2 Å². The molecule has 7 heteroatoms. The molecule has 0 aromatic heterocycles. The van der Waals surface area contributed by atoms with Crippen LogP contribution in [0.2, 0.25) is 0 Å². The number of hydrogen-bond donors (Lipinski definition) is 2. The monoisotopic (exact) mass is 406 g/mol. The van der Waals surface area contributed by atoms with Crippen molar-refractivity contribution in [3.63, 3.8) is 0 Å². The SMILES string of the molecule is O=C(CCCNC(=O)C12CC3CC(CC(C3)C1)C2)Nc1ccc(OC(F)F)cc1. The van der Waals surface area contributed by atoms with E-state index in [2.05, 4.69) is 15.4 Å². The number of anilines is 1. The van der Waals surface area contributed by atoms with Gasteiger partial charge in [-0.05, 0) is 87.0 Å². The van der Waals surface area contributed by atoms with Crippen molar-refractivity contribution >= 4 is 17.5 Å². The summed E-state index contributed by atoms with van der Waals surface area (Å²) in [6.45, 7) is -2.38. The molecule has 0 radical (unpaired) electrons. The van der Waals surface area contributed by atoms with Crippen molar-refractivity contribution in [2.45, 2.75) is 58.0 Å². The van der Waals surface area contributed by atoms with Gasteiger partial charge < -0.3 is 15.4 Å². The van der Waals surface area contributed by atoms with E-state index >= 15 is 0 Å². The summed E-state index contributed by atoms with van der Waals surface area (Å²) in [5.74, 6) is 2.26. The molecule has 1 aromatic rings. The van der Waals surface area contributed by atoms with Gasteiger partial charge in [-0.1, -0.05) is 0 Å². The molecule has 158 valence electrons. The van der Waals surface area contributed by atoms with Crippen LogP contribution in [-0.2, 0) is 9.59 Å². The van der Waals surface area contributed by atoms with E-state index in [1.165, 1.54) is 43.5 Å². The molecule has 0 spiro atoms. The van der Waals surface area contributed by atoms with Crippen molar-refractivity contribution in [2.24, 2.45) is 23.2 Å². The number of amides is 2. The van der Waals surface area contributed by atoms with Gasteiger partial charge in [0.25, 0.3) is 0 Å². The van der Waals surface area contributed by atoms with Crippen molar-refractivity contribution in [3.05, 3.63) is 24.3 Å². The number of nitrogens with one attached hydrogen (secondary N) is 2. The first-order valence-corrected chi connectivity index (χ1v) is 10.5. The van der Waals surface area contributed by atoms with Crippen LogP contribution in [0.1, 0.15) is 51.4 Å². The van der Waals surface area contributed by atoms with Crippen LogP contribution in [0.25, 0.3) is 0 Å². The van der Waals surface area contributed by atoms with Crippen LogP contribution in [0.15, 0.2) is 24.3 Å². The van der Waals surface area contributed by atoms with Gasteiger partial charge in [0.2, 0.25) is 11.8 Å². The second-order valence-corrected chi connectivity index (χ2v) is 9.01. The molecule has 5 nitrogen and oxygen atoms in total. The summed E-state index contributed by atoms with van der Waals surface area (Å²) in [6.07, 6.45) is 7.89. The Kier molecular flexibility index (Phi) is 5.74. The number of carbonyl (C=O) groups is 2. The number of hydrogen-bond acceptors (Lipinski definition) is 3. The summed E-state index contributed by atoms with van der Waals surface area (Å²) in [6, 6.07) is 5.80. The van der Waals surface area contributed by atoms with E-state index in [1.807, 2.05) is 0 Å². The molecule has 0 atom stereocenters. The summed E-state index contributed by atoms with van der Waals surface area (Å²) >= 11 is 0. The fourth-order valence-electron chi connectivity index (χ4n) is 5.97. The average molecular weight is 406 g/mol. The standard InChI is InChI=1S/C22H28F2N2O3/c23-21(24)29-18-5-3-17(4-6-18)26-19(27)2-1-7-25-20(28)22-11-14-8-15(12-22)10-16(9-14)13-22/h3-6,14-16,21H,1-2,7-13H2,(H,25,28)(H,26,27). The third kappa shape index (κ3) is 4.70. The van der Waals surface area contributed by atoms with Crippen molar-refractivity contribution in [1.29, 1.82) is 0 Å². The zero-order valence-electron chi connectivity index (χ0n) is 16.5. The Morgan fingerprint density at radius 1 is 1.03 bits per heavy atom. The maximum atomic E-state index is 12.9. The van der Waals surface area contributed by atoms with Crippen molar-refractivity contribution in [3.8, 4) is 5.75 Å². The molecule has 4 fully saturated rings. The molecule has 0 aliphatic heterocycles. The zero-order chi connectivity index (χ0) is 20.4. The van der Waals surface area contributed by atoms with E-state index in [4.69, 9.17) is 0 Å². The Morgan fingerprint density at radius 3 is 2.17 bits per heavy atom. The highest BCUT2D eigenvalue weighted by atomic mass is 19.3. The van der Waals surface area contributed by atoms with Crippen LogP contribution in [0.4, 0.5) is 14.5 Å². The van der Waals surface area contributed by atoms with Crippen LogP contribution in [0.5, 0.6) is 5.75 Å². The molecule has 2 amide bonds. The van der Waals surface area contributed by atoms with E-state index < -0.39 is 6.61 Å². The zero-order valence-corrected chi connectivity index (χ0v) is 16.5. The number of carbonyl (C=O) groups excluding carboxylic acids is 2. The summed E-state index contributed by atoms with van der Waals surface area (Å²) < 4.78 is 28.6. The number of benzene rings is 1. The van der Waals surface area contributed by atoms with Gasteiger partial charge in [-0.2, -0.15) is 8.78 Å². The fourth-order valence-corrected chi connectivity index (χ4v) is 5.97. The molecular weight excluding hydrogens is 378 g/mol. The Bertz CT molecular complexity index is 716. The van der Waals surface area contributed by atoms with Gasteiger partial charge in [0.15, 0.2) is 0 Å². The molecule has 29 heavy (non-hydrogen) atoms.